The van der Waals surface area contributed by atoms with Gasteiger partial charge in [0.25, 0.3) is 0 Å². The van der Waals surface area contributed by atoms with Gasteiger partial charge in [-0.1, -0.05) is 0 Å². The van der Waals surface area contributed by atoms with Gasteiger partial charge in [-0.3, -0.25) is 9.69 Å². The molecule has 0 radical (unpaired) electrons. The second kappa shape index (κ2) is 6.08. The number of hydrogen-bond donors (Lipinski definition) is 1. The van der Waals surface area contributed by atoms with Gasteiger partial charge in [0.05, 0.1) is 0 Å². The molecule has 122 valence electrons. The molecular formula is C12H20F3N3O3. The molecule has 1 aliphatic rings. The zero-order valence-corrected chi connectivity index (χ0v) is 12.3. The molecule has 0 aliphatic carbocycles. The highest BCUT2D eigenvalue weighted by atomic mass is 19.4. The third-order valence-corrected chi connectivity index (χ3v) is 3.55. The van der Waals surface area contributed by atoms with Crippen LogP contribution in [0.2, 0.25) is 0 Å². The lowest BCUT2D eigenvalue weighted by Gasteiger charge is -2.46. The summed E-state index contributed by atoms with van der Waals surface area (Å²) in [6, 6.07) is -0.893. The molecular weight excluding hydrogens is 291 g/mol. The average molecular weight is 311 g/mol. The predicted octanol–water partition coefficient (Wildman–Crippen LogP) is 1.08. The third-order valence-electron chi connectivity index (χ3n) is 3.55. The van der Waals surface area contributed by atoms with Gasteiger partial charge in [-0.2, -0.15) is 13.2 Å². The first-order chi connectivity index (χ1) is 9.42. The van der Waals surface area contributed by atoms with E-state index < -0.39 is 31.3 Å². The number of amides is 2. The van der Waals surface area contributed by atoms with E-state index in [0.29, 0.717) is 11.4 Å². The van der Waals surface area contributed by atoms with Crippen LogP contribution in [-0.2, 0) is 4.79 Å². The van der Waals surface area contributed by atoms with Crippen LogP contribution in [0.15, 0.2) is 0 Å². The van der Waals surface area contributed by atoms with Crippen molar-refractivity contribution in [3.05, 3.63) is 0 Å². The maximum absolute atomic E-state index is 12.5. The van der Waals surface area contributed by atoms with Crippen molar-refractivity contribution in [1.29, 1.82) is 0 Å². The van der Waals surface area contributed by atoms with Crippen LogP contribution in [0.1, 0.15) is 13.8 Å². The summed E-state index contributed by atoms with van der Waals surface area (Å²) in [4.78, 5) is 26.4. The molecule has 0 bridgehead atoms. The molecule has 1 aliphatic heterocycles. The third kappa shape index (κ3) is 5.07. The molecule has 1 heterocycles. The van der Waals surface area contributed by atoms with E-state index >= 15 is 0 Å². The van der Waals surface area contributed by atoms with E-state index in [9.17, 15) is 22.8 Å². The molecule has 6 nitrogen and oxygen atoms in total. The predicted molar refractivity (Wildman–Crippen MR) is 68.9 cm³/mol. The number of hydrogen-bond acceptors (Lipinski definition) is 3. The summed E-state index contributed by atoms with van der Waals surface area (Å²) >= 11 is 0. The largest absolute Gasteiger partial charge is 0.480 e. The van der Waals surface area contributed by atoms with E-state index in [4.69, 9.17) is 5.11 Å². The summed E-state index contributed by atoms with van der Waals surface area (Å²) in [5, 5.41) is 8.68. The van der Waals surface area contributed by atoms with Crippen molar-refractivity contribution in [1.82, 2.24) is 14.7 Å². The first-order valence-electron chi connectivity index (χ1n) is 6.46. The van der Waals surface area contributed by atoms with Gasteiger partial charge in [0, 0.05) is 25.2 Å². The minimum Gasteiger partial charge on any atom is -0.480 e. The summed E-state index contributed by atoms with van der Waals surface area (Å²) in [6.45, 7) is 2.25. The Balaban J connectivity index is 2.83. The van der Waals surface area contributed by atoms with E-state index in [0.717, 1.165) is 0 Å². The summed E-state index contributed by atoms with van der Waals surface area (Å²) in [7, 11) is 1.87. The molecule has 0 spiro atoms. The fraction of sp³-hybridized carbons (Fsp3) is 0.833. The first kappa shape index (κ1) is 17.5. The zero-order chi connectivity index (χ0) is 16.4. The fourth-order valence-corrected chi connectivity index (χ4v) is 2.17. The van der Waals surface area contributed by atoms with Gasteiger partial charge in [-0.25, -0.2) is 4.79 Å². The molecule has 1 N–H and O–H groups in total. The van der Waals surface area contributed by atoms with E-state index in [1.807, 2.05) is 25.8 Å². The van der Waals surface area contributed by atoms with Crippen molar-refractivity contribution >= 4 is 12.0 Å². The number of nitrogens with zero attached hydrogens (tertiary/aromatic N) is 3. The molecule has 0 aromatic carbocycles. The van der Waals surface area contributed by atoms with Crippen LogP contribution in [0.4, 0.5) is 18.0 Å². The smallest absolute Gasteiger partial charge is 0.406 e. The number of urea groups is 1. The minimum absolute atomic E-state index is 0.246. The van der Waals surface area contributed by atoms with Gasteiger partial charge in [0.2, 0.25) is 0 Å². The van der Waals surface area contributed by atoms with Crippen molar-refractivity contribution in [3.63, 3.8) is 0 Å². The summed E-state index contributed by atoms with van der Waals surface area (Å²) in [6.07, 6.45) is -4.63. The topological polar surface area (TPSA) is 64.1 Å². The Hall–Kier alpha value is -1.51. The van der Waals surface area contributed by atoms with Crippen LogP contribution in [0.3, 0.4) is 0 Å². The number of aliphatic carboxylic acids is 1. The molecule has 2 amide bonds. The summed E-state index contributed by atoms with van der Waals surface area (Å²) in [5.41, 5.74) is -0.374. The molecule has 0 aromatic rings. The molecule has 1 saturated heterocycles. The number of alkyl halides is 3. The fourth-order valence-electron chi connectivity index (χ4n) is 2.17. The maximum Gasteiger partial charge on any atom is 0.406 e. The Bertz CT molecular complexity index is 412. The molecule has 0 unspecified atom stereocenters. The molecule has 21 heavy (non-hydrogen) atoms. The minimum atomic E-state index is -4.63. The summed E-state index contributed by atoms with van der Waals surface area (Å²) in [5.74, 6) is -1.47. The number of halogens is 3. The van der Waals surface area contributed by atoms with Gasteiger partial charge in [0.1, 0.15) is 13.1 Å². The number of likely N-dealkylation sites (N-methyl/N-ethyl adjacent to an activating group) is 1. The monoisotopic (exact) mass is 311 g/mol. The number of carboxylic acids is 1. The standard InChI is InChI=1S/C12H20F3N3O3/c1-11(2)7-17(5-4-16(11)3)10(21)18(6-9(19)20)8-12(13,14)15/h4-8H2,1-3H3,(H,19,20). The van der Waals surface area contributed by atoms with Gasteiger partial charge in [0.15, 0.2) is 0 Å². The van der Waals surface area contributed by atoms with Crippen molar-refractivity contribution in [2.24, 2.45) is 0 Å². The van der Waals surface area contributed by atoms with Crippen molar-refractivity contribution in [2.75, 3.05) is 39.8 Å². The number of rotatable bonds is 3. The van der Waals surface area contributed by atoms with Crippen LogP contribution >= 0.6 is 0 Å². The average Bonchev–Trinajstić information content (AvgIpc) is 2.28. The summed E-state index contributed by atoms with van der Waals surface area (Å²) < 4.78 is 37.5. The first-order valence-corrected chi connectivity index (χ1v) is 6.46. The second-order valence-corrected chi connectivity index (χ2v) is 5.80. The van der Waals surface area contributed by atoms with Crippen LogP contribution in [0, 0.1) is 0 Å². The molecule has 9 heteroatoms. The van der Waals surface area contributed by atoms with E-state index in [2.05, 4.69) is 0 Å². The van der Waals surface area contributed by atoms with Crippen LogP contribution in [0.5, 0.6) is 0 Å². The van der Waals surface area contributed by atoms with Crippen molar-refractivity contribution in [3.8, 4) is 0 Å². The van der Waals surface area contributed by atoms with Gasteiger partial charge < -0.3 is 14.9 Å². The van der Waals surface area contributed by atoms with Gasteiger partial charge >= 0.3 is 18.2 Å². The SMILES string of the molecule is CN1CCN(C(=O)N(CC(=O)O)CC(F)(F)F)CC1(C)C. The lowest BCUT2D eigenvalue weighted by molar-refractivity contribution is -0.150. The van der Waals surface area contributed by atoms with Gasteiger partial charge in [-0.05, 0) is 20.9 Å². The van der Waals surface area contributed by atoms with E-state index in [1.165, 1.54) is 4.90 Å². The van der Waals surface area contributed by atoms with Gasteiger partial charge in [-0.15, -0.1) is 0 Å². The molecule has 0 atom stereocenters. The molecule has 0 aromatic heterocycles. The van der Waals surface area contributed by atoms with Crippen LogP contribution < -0.4 is 0 Å². The Morgan fingerprint density at radius 2 is 1.86 bits per heavy atom. The zero-order valence-electron chi connectivity index (χ0n) is 12.3. The Kier molecular flexibility index (Phi) is 5.08. The Morgan fingerprint density at radius 3 is 2.29 bits per heavy atom. The van der Waals surface area contributed by atoms with Crippen molar-refractivity contribution in [2.45, 2.75) is 25.6 Å². The van der Waals surface area contributed by atoms with Crippen molar-refractivity contribution < 1.29 is 27.9 Å². The number of carboxylic acid groups (broad SMARTS) is 1. The Morgan fingerprint density at radius 1 is 1.29 bits per heavy atom. The lowest BCUT2D eigenvalue weighted by Crippen LogP contribution is -2.61. The highest BCUT2D eigenvalue weighted by Crippen LogP contribution is 2.22. The Labute approximate surface area is 121 Å². The van der Waals surface area contributed by atoms with Crippen LogP contribution in [0.25, 0.3) is 0 Å². The normalized spacial score (nSPS) is 19.4. The highest BCUT2D eigenvalue weighted by Gasteiger charge is 2.39. The second-order valence-electron chi connectivity index (χ2n) is 5.80. The number of carbonyl (C=O) groups excluding carboxylic acids is 1. The van der Waals surface area contributed by atoms with Crippen LogP contribution in [-0.4, -0.2) is 83.3 Å². The number of carbonyl (C=O) groups is 2. The molecule has 0 saturated carbocycles. The molecule has 1 rings (SSSR count). The maximum atomic E-state index is 12.5. The molecule has 1 fully saturated rings. The highest BCUT2D eigenvalue weighted by molar-refractivity contribution is 5.80. The lowest BCUT2D eigenvalue weighted by atomic mass is 10.00. The van der Waals surface area contributed by atoms with E-state index in [-0.39, 0.29) is 18.6 Å². The quantitative estimate of drug-likeness (QED) is 0.847. The number of piperazine rings is 1. The van der Waals surface area contributed by atoms with E-state index in [1.54, 1.807) is 0 Å².